The fourth-order valence-corrected chi connectivity index (χ4v) is 2.29. The van der Waals surface area contributed by atoms with Crippen LogP contribution in [0.3, 0.4) is 0 Å². The molecule has 17 heavy (non-hydrogen) atoms. The molecule has 3 nitrogen and oxygen atoms in total. The van der Waals surface area contributed by atoms with Crippen LogP contribution < -0.4 is 0 Å². The predicted octanol–water partition coefficient (Wildman–Crippen LogP) is 1.83. The number of nitriles is 1. The molecule has 0 aromatic carbocycles. The van der Waals surface area contributed by atoms with Crippen LogP contribution in [0.1, 0.15) is 23.1 Å². The molecule has 0 fully saturated rings. The Kier molecular flexibility index (Phi) is 5.72. The van der Waals surface area contributed by atoms with E-state index in [1.165, 1.54) is 4.88 Å². The highest BCUT2D eigenvalue weighted by atomic mass is 32.1. The summed E-state index contributed by atoms with van der Waals surface area (Å²) in [5, 5.41) is 17.2. The number of nitrogens with zero attached hydrogens (tertiary/aromatic N) is 2. The lowest BCUT2D eigenvalue weighted by molar-refractivity contribution is 0.254. The van der Waals surface area contributed by atoms with Crippen molar-refractivity contribution in [2.24, 2.45) is 0 Å². The van der Waals surface area contributed by atoms with Gasteiger partial charge in [0.2, 0.25) is 0 Å². The summed E-state index contributed by atoms with van der Waals surface area (Å²) in [7, 11) is 2.01. The highest BCUT2D eigenvalue weighted by molar-refractivity contribution is 7.12. The molecule has 0 aliphatic rings. The molecular weight excluding hydrogens is 232 g/mol. The van der Waals surface area contributed by atoms with E-state index in [0.717, 1.165) is 11.4 Å². The van der Waals surface area contributed by atoms with E-state index in [2.05, 4.69) is 22.8 Å². The van der Waals surface area contributed by atoms with Gasteiger partial charge < -0.3 is 5.11 Å². The van der Waals surface area contributed by atoms with Crippen molar-refractivity contribution >= 4 is 11.3 Å². The summed E-state index contributed by atoms with van der Waals surface area (Å²) in [5.41, 5.74) is 0. The lowest BCUT2D eigenvalue weighted by Gasteiger charge is -2.21. The monoisotopic (exact) mass is 248 g/mol. The molecule has 0 radical (unpaired) electrons. The molecule has 4 heteroatoms. The van der Waals surface area contributed by atoms with Crippen molar-refractivity contribution in [3.63, 3.8) is 0 Å². The van der Waals surface area contributed by atoms with Crippen LogP contribution in [-0.4, -0.2) is 29.7 Å². The first-order valence-corrected chi connectivity index (χ1v) is 6.24. The molecule has 1 rings (SSSR count). The van der Waals surface area contributed by atoms with Gasteiger partial charge in [-0.2, -0.15) is 5.26 Å². The zero-order valence-electron chi connectivity index (χ0n) is 10.1. The molecule has 0 amide bonds. The molecule has 1 aromatic rings. The lowest BCUT2D eigenvalue weighted by Crippen LogP contribution is -2.27. The average Bonchev–Trinajstić information content (AvgIpc) is 2.74. The van der Waals surface area contributed by atoms with Crippen molar-refractivity contribution in [2.45, 2.75) is 25.9 Å². The second-order valence-corrected chi connectivity index (χ2v) is 5.02. The van der Waals surface area contributed by atoms with Gasteiger partial charge in [-0.25, -0.2) is 0 Å². The van der Waals surface area contributed by atoms with Crippen LogP contribution in [-0.2, 0) is 6.54 Å². The number of hydrogen-bond donors (Lipinski definition) is 1. The Morgan fingerprint density at radius 2 is 2.29 bits per heavy atom. The first kappa shape index (κ1) is 13.7. The van der Waals surface area contributed by atoms with Crippen molar-refractivity contribution < 1.29 is 5.11 Å². The summed E-state index contributed by atoms with van der Waals surface area (Å²) in [6, 6.07) is 6.44. The second kappa shape index (κ2) is 7.09. The Hall–Kier alpha value is -1.33. The summed E-state index contributed by atoms with van der Waals surface area (Å²) < 4.78 is 0. The van der Waals surface area contributed by atoms with Crippen LogP contribution in [0.2, 0.25) is 0 Å². The molecule has 0 aliphatic heterocycles. The van der Waals surface area contributed by atoms with E-state index in [4.69, 9.17) is 10.4 Å². The first-order chi connectivity index (χ1) is 8.17. The predicted molar refractivity (Wildman–Crippen MR) is 69.4 cm³/mol. The normalized spacial score (nSPS) is 11.7. The fourth-order valence-electron chi connectivity index (χ4n) is 1.35. The molecule has 0 bridgehead atoms. The van der Waals surface area contributed by atoms with Crippen molar-refractivity contribution in [1.29, 1.82) is 5.26 Å². The average molecular weight is 248 g/mol. The van der Waals surface area contributed by atoms with Crippen LogP contribution in [0.5, 0.6) is 0 Å². The van der Waals surface area contributed by atoms with Gasteiger partial charge in [-0.3, -0.25) is 4.90 Å². The molecule has 1 unspecified atom stereocenters. The number of rotatable bonds is 4. The van der Waals surface area contributed by atoms with E-state index in [0.29, 0.717) is 6.42 Å². The van der Waals surface area contributed by atoms with Gasteiger partial charge >= 0.3 is 0 Å². The zero-order chi connectivity index (χ0) is 12.7. The van der Waals surface area contributed by atoms with Crippen LogP contribution in [0, 0.1) is 23.2 Å². The fraction of sp³-hybridized carbons (Fsp3) is 0.462. The van der Waals surface area contributed by atoms with Gasteiger partial charge in [-0.15, -0.1) is 11.3 Å². The smallest absolute Gasteiger partial charge is 0.104 e. The quantitative estimate of drug-likeness (QED) is 0.827. The number of hydrogen-bond acceptors (Lipinski definition) is 4. The highest BCUT2D eigenvalue weighted by Gasteiger charge is 2.10. The SMILES string of the molecule is CC(CC#N)N(C)Cc1ccc(C#CCO)s1. The minimum atomic E-state index is -0.105. The summed E-state index contributed by atoms with van der Waals surface area (Å²) in [6.45, 7) is 2.77. The molecule has 0 aliphatic carbocycles. The summed E-state index contributed by atoms with van der Waals surface area (Å²) in [5.74, 6) is 5.52. The third-order valence-electron chi connectivity index (χ3n) is 2.50. The Morgan fingerprint density at radius 3 is 2.94 bits per heavy atom. The van der Waals surface area contributed by atoms with Crippen LogP contribution in [0.4, 0.5) is 0 Å². The van der Waals surface area contributed by atoms with Gasteiger partial charge in [0.05, 0.1) is 17.4 Å². The lowest BCUT2D eigenvalue weighted by atomic mass is 10.2. The second-order valence-electron chi connectivity index (χ2n) is 3.85. The molecule has 0 spiro atoms. The van der Waals surface area contributed by atoms with Crippen molar-refractivity contribution in [3.05, 3.63) is 21.9 Å². The topological polar surface area (TPSA) is 47.3 Å². The van der Waals surface area contributed by atoms with Crippen molar-refractivity contribution in [1.82, 2.24) is 4.90 Å². The number of aliphatic hydroxyl groups is 1. The van der Waals surface area contributed by atoms with Crippen LogP contribution in [0.15, 0.2) is 12.1 Å². The van der Waals surface area contributed by atoms with E-state index in [-0.39, 0.29) is 12.6 Å². The largest absolute Gasteiger partial charge is 0.384 e. The standard InChI is InChI=1S/C13H16N2OS/c1-11(7-8-14)15(2)10-13-6-5-12(17-13)4-3-9-16/h5-6,11,16H,7,9-10H2,1-2H3. The molecule has 1 atom stereocenters. The summed E-state index contributed by atoms with van der Waals surface area (Å²) in [4.78, 5) is 4.34. The summed E-state index contributed by atoms with van der Waals surface area (Å²) >= 11 is 1.63. The van der Waals surface area contributed by atoms with E-state index in [1.54, 1.807) is 11.3 Å². The minimum Gasteiger partial charge on any atom is -0.384 e. The third-order valence-corrected chi connectivity index (χ3v) is 3.48. The molecule has 0 saturated carbocycles. The maximum absolute atomic E-state index is 8.64. The zero-order valence-corrected chi connectivity index (χ0v) is 10.9. The number of aliphatic hydroxyl groups excluding tert-OH is 1. The van der Waals surface area contributed by atoms with E-state index < -0.39 is 0 Å². The van der Waals surface area contributed by atoms with Gasteiger partial charge in [0.15, 0.2) is 0 Å². The first-order valence-electron chi connectivity index (χ1n) is 5.43. The molecule has 90 valence electrons. The van der Waals surface area contributed by atoms with Crippen molar-refractivity contribution in [2.75, 3.05) is 13.7 Å². The Balaban J connectivity index is 2.57. The maximum atomic E-state index is 8.64. The van der Waals surface area contributed by atoms with Crippen LogP contribution in [0.25, 0.3) is 0 Å². The Bertz CT molecular complexity index is 450. The minimum absolute atomic E-state index is 0.105. The van der Waals surface area contributed by atoms with Crippen molar-refractivity contribution in [3.8, 4) is 17.9 Å². The van der Waals surface area contributed by atoms with Gasteiger partial charge in [0, 0.05) is 17.5 Å². The molecule has 1 aromatic heterocycles. The van der Waals surface area contributed by atoms with Gasteiger partial charge in [-0.1, -0.05) is 11.8 Å². The van der Waals surface area contributed by atoms with Gasteiger partial charge in [0.25, 0.3) is 0 Å². The molecule has 0 saturated heterocycles. The summed E-state index contributed by atoms with van der Waals surface area (Å²) in [6.07, 6.45) is 0.541. The molecule has 1 heterocycles. The Labute approximate surface area is 106 Å². The third kappa shape index (κ3) is 4.58. The van der Waals surface area contributed by atoms with E-state index >= 15 is 0 Å². The Morgan fingerprint density at radius 1 is 1.53 bits per heavy atom. The highest BCUT2D eigenvalue weighted by Crippen LogP contribution is 2.18. The van der Waals surface area contributed by atoms with Gasteiger partial charge in [0.1, 0.15) is 6.61 Å². The van der Waals surface area contributed by atoms with E-state index in [9.17, 15) is 0 Å². The maximum Gasteiger partial charge on any atom is 0.104 e. The molecule has 1 N–H and O–H groups in total. The van der Waals surface area contributed by atoms with Gasteiger partial charge in [-0.05, 0) is 26.1 Å². The van der Waals surface area contributed by atoms with Crippen LogP contribution >= 0.6 is 11.3 Å². The molecular formula is C13H16N2OS. The van der Waals surface area contributed by atoms with E-state index in [1.807, 2.05) is 26.1 Å². The number of thiophene rings is 1.